The topological polar surface area (TPSA) is 93.8 Å². The Morgan fingerprint density at radius 3 is 2.73 bits per heavy atom. The summed E-state index contributed by atoms with van der Waals surface area (Å²) in [5.74, 6) is 0.654. The van der Waals surface area contributed by atoms with Gasteiger partial charge in [-0.1, -0.05) is 12.8 Å². The first kappa shape index (κ1) is 16.8. The van der Waals surface area contributed by atoms with Crippen LogP contribution in [0.4, 0.5) is 4.79 Å². The number of carbonyl (C=O) groups excluding carboxylic acids is 1. The third kappa shape index (κ3) is 3.63. The molecule has 0 aromatic carbocycles. The van der Waals surface area contributed by atoms with Crippen molar-refractivity contribution in [3.63, 3.8) is 0 Å². The summed E-state index contributed by atoms with van der Waals surface area (Å²) >= 11 is 0. The zero-order valence-corrected chi connectivity index (χ0v) is 14.7. The van der Waals surface area contributed by atoms with Crippen LogP contribution in [0.1, 0.15) is 44.6 Å². The lowest BCUT2D eigenvalue weighted by atomic mass is 10.2. The van der Waals surface area contributed by atoms with Crippen LogP contribution in [0.2, 0.25) is 0 Å². The van der Waals surface area contributed by atoms with E-state index in [4.69, 9.17) is 0 Å². The van der Waals surface area contributed by atoms with Crippen molar-refractivity contribution in [3.05, 3.63) is 35.0 Å². The normalized spacial score (nSPS) is 17.4. The second-order valence-electron chi connectivity index (χ2n) is 7.05. The van der Waals surface area contributed by atoms with Crippen molar-refractivity contribution >= 4 is 6.03 Å². The summed E-state index contributed by atoms with van der Waals surface area (Å²) in [5, 5.41) is 10.3. The van der Waals surface area contributed by atoms with Crippen LogP contribution in [0.15, 0.2) is 29.3 Å². The zero-order chi connectivity index (χ0) is 17.9. The molecule has 0 radical (unpaired) electrons. The molecule has 0 atom stereocenters. The van der Waals surface area contributed by atoms with Crippen LogP contribution < -0.4 is 16.3 Å². The van der Waals surface area contributed by atoms with Crippen molar-refractivity contribution in [2.24, 2.45) is 0 Å². The van der Waals surface area contributed by atoms with E-state index in [0.29, 0.717) is 18.9 Å². The number of nitrogens with one attached hydrogen (secondary N) is 2. The van der Waals surface area contributed by atoms with Crippen LogP contribution in [0.25, 0.3) is 11.4 Å². The van der Waals surface area contributed by atoms with Crippen molar-refractivity contribution in [3.8, 4) is 11.4 Å². The van der Waals surface area contributed by atoms with Crippen molar-refractivity contribution in [2.75, 3.05) is 6.54 Å². The van der Waals surface area contributed by atoms with Crippen LogP contribution in [0, 0.1) is 0 Å². The number of pyridine rings is 1. The van der Waals surface area contributed by atoms with Gasteiger partial charge >= 0.3 is 11.7 Å². The van der Waals surface area contributed by atoms with Gasteiger partial charge in [0.1, 0.15) is 0 Å². The summed E-state index contributed by atoms with van der Waals surface area (Å²) in [4.78, 5) is 28.8. The lowest BCUT2D eigenvalue weighted by Crippen LogP contribution is -2.42. The number of hydrogen-bond donors (Lipinski definition) is 2. The van der Waals surface area contributed by atoms with Gasteiger partial charge in [0, 0.05) is 36.6 Å². The monoisotopic (exact) mass is 356 g/mol. The zero-order valence-electron chi connectivity index (χ0n) is 14.7. The smallest absolute Gasteiger partial charge is 0.336 e. The van der Waals surface area contributed by atoms with Gasteiger partial charge in [-0.25, -0.2) is 14.3 Å². The average Bonchev–Trinajstić information content (AvgIpc) is 3.26. The van der Waals surface area contributed by atoms with Gasteiger partial charge in [0.05, 0.1) is 6.54 Å². The number of aromatic nitrogens is 4. The molecule has 2 aliphatic carbocycles. The molecule has 26 heavy (non-hydrogen) atoms. The minimum Gasteiger partial charge on any atom is -0.336 e. The highest BCUT2D eigenvalue weighted by atomic mass is 16.2. The Bertz CT molecular complexity index is 818. The van der Waals surface area contributed by atoms with Crippen molar-refractivity contribution in [2.45, 2.75) is 57.2 Å². The summed E-state index contributed by atoms with van der Waals surface area (Å²) in [5.41, 5.74) is 0.714. The molecule has 2 aromatic rings. The fourth-order valence-electron chi connectivity index (χ4n) is 3.50. The molecule has 2 aromatic heterocycles. The van der Waals surface area contributed by atoms with Gasteiger partial charge in [0.15, 0.2) is 5.82 Å². The van der Waals surface area contributed by atoms with E-state index >= 15 is 0 Å². The van der Waals surface area contributed by atoms with Gasteiger partial charge in [-0.15, -0.1) is 5.10 Å². The highest BCUT2D eigenvalue weighted by Crippen LogP contribution is 2.36. The summed E-state index contributed by atoms with van der Waals surface area (Å²) in [6.45, 7) is 0.719. The fourth-order valence-corrected chi connectivity index (χ4v) is 3.50. The third-order valence-electron chi connectivity index (χ3n) is 5.00. The summed E-state index contributed by atoms with van der Waals surface area (Å²) in [7, 11) is 0. The van der Waals surface area contributed by atoms with Crippen molar-refractivity contribution in [1.29, 1.82) is 0 Å². The van der Waals surface area contributed by atoms with Crippen molar-refractivity contribution in [1.82, 2.24) is 30.0 Å². The van der Waals surface area contributed by atoms with Crippen molar-refractivity contribution < 1.29 is 4.79 Å². The summed E-state index contributed by atoms with van der Waals surface area (Å²) in [6.07, 6.45) is 9.87. The molecule has 4 rings (SSSR count). The first-order valence-corrected chi connectivity index (χ1v) is 9.36. The molecule has 0 bridgehead atoms. The Morgan fingerprint density at radius 2 is 2.04 bits per heavy atom. The Kier molecular flexibility index (Phi) is 4.73. The molecule has 0 saturated heterocycles. The quantitative estimate of drug-likeness (QED) is 0.823. The van der Waals surface area contributed by atoms with Gasteiger partial charge in [-0.05, 0) is 37.8 Å². The number of hydrogen-bond acceptors (Lipinski definition) is 4. The standard InChI is InChI=1S/C18H24N6O2/c25-17(21-14-5-1-2-6-14)20-10-11-23-18(26)24(15-7-8-15)16(22-23)13-4-3-9-19-12-13/h3-4,9,12,14-15H,1-2,5-8,10-11H2,(H2,20,21,25). The minimum absolute atomic E-state index is 0.121. The number of rotatable bonds is 6. The maximum absolute atomic E-state index is 12.7. The van der Waals surface area contributed by atoms with Gasteiger partial charge < -0.3 is 10.6 Å². The second-order valence-corrected chi connectivity index (χ2v) is 7.05. The minimum atomic E-state index is -0.168. The van der Waals surface area contributed by atoms with E-state index in [2.05, 4.69) is 20.7 Å². The molecule has 0 spiro atoms. The molecule has 2 N–H and O–H groups in total. The van der Waals surface area contributed by atoms with Crippen LogP contribution in [-0.4, -0.2) is 37.9 Å². The Hall–Kier alpha value is -2.64. The molecular formula is C18H24N6O2. The molecule has 8 heteroatoms. The third-order valence-corrected chi connectivity index (χ3v) is 5.00. The molecule has 2 aliphatic rings. The van der Waals surface area contributed by atoms with E-state index in [1.807, 2.05) is 12.1 Å². The van der Waals surface area contributed by atoms with Crippen LogP contribution in [0.5, 0.6) is 0 Å². The number of nitrogens with zero attached hydrogens (tertiary/aromatic N) is 4. The first-order valence-electron chi connectivity index (χ1n) is 9.36. The second kappa shape index (κ2) is 7.31. The van der Waals surface area contributed by atoms with Gasteiger partial charge in [-0.2, -0.15) is 0 Å². The molecule has 2 heterocycles. The van der Waals surface area contributed by atoms with E-state index in [1.54, 1.807) is 17.0 Å². The van der Waals surface area contributed by atoms with Gasteiger partial charge in [0.25, 0.3) is 0 Å². The predicted molar refractivity (Wildman–Crippen MR) is 96.8 cm³/mol. The van der Waals surface area contributed by atoms with Gasteiger partial charge in [-0.3, -0.25) is 9.55 Å². The van der Waals surface area contributed by atoms with E-state index in [1.165, 1.54) is 17.5 Å². The number of amides is 2. The molecule has 8 nitrogen and oxygen atoms in total. The fraction of sp³-hybridized carbons (Fsp3) is 0.556. The maximum atomic E-state index is 12.7. The molecule has 2 saturated carbocycles. The molecule has 2 amide bonds. The molecule has 2 fully saturated rings. The number of urea groups is 1. The summed E-state index contributed by atoms with van der Waals surface area (Å²) in [6, 6.07) is 4.09. The molecule has 0 unspecified atom stereocenters. The van der Waals surface area contributed by atoms with E-state index in [-0.39, 0.29) is 23.8 Å². The Morgan fingerprint density at radius 1 is 1.23 bits per heavy atom. The van der Waals surface area contributed by atoms with Gasteiger partial charge in [0.2, 0.25) is 0 Å². The van der Waals surface area contributed by atoms with Crippen LogP contribution >= 0.6 is 0 Å². The first-order chi connectivity index (χ1) is 12.7. The lowest BCUT2D eigenvalue weighted by molar-refractivity contribution is 0.236. The van der Waals surface area contributed by atoms with E-state index in [0.717, 1.165) is 31.2 Å². The highest BCUT2D eigenvalue weighted by molar-refractivity contribution is 5.74. The number of carbonyl (C=O) groups is 1. The summed E-state index contributed by atoms with van der Waals surface area (Å²) < 4.78 is 3.20. The highest BCUT2D eigenvalue weighted by Gasteiger charge is 2.30. The largest absolute Gasteiger partial charge is 0.346 e. The Balaban J connectivity index is 1.42. The molecular weight excluding hydrogens is 332 g/mol. The maximum Gasteiger partial charge on any atom is 0.346 e. The Labute approximate surface area is 151 Å². The van der Waals surface area contributed by atoms with Crippen LogP contribution in [-0.2, 0) is 6.54 Å². The van der Waals surface area contributed by atoms with Crippen LogP contribution in [0.3, 0.4) is 0 Å². The predicted octanol–water partition coefficient (Wildman–Crippen LogP) is 1.68. The SMILES string of the molecule is O=C(NCCn1nc(-c2cccnc2)n(C2CC2)c1=O)NC1CCCC1. The lowest BCUT2D eigenvalue weighted by Gasteiger charge is -2.12. The molecule has 138 valence electrons. The van der Waals surface area contributed by atoms with E-state index in [9.17, 15) is 9.59 Å². The van der Waals surface area contributed by atoms with E-state index < -0.39 is 0 Å². The average molecular weight is 356 g/mol. The molecule has 0 aliphatic heterocycles.